The van der Waals surface area contributed by atoms with Crippen LogP contribution in [0, 0.1) is 0 Å². The predicted molar refractivity (Wildman–Crippen MR) is 263 cm³/mol. The van der Waals surface area contributed by atoms with Crippen molar-refractivity contribution in [2.45, 2.75) is 31.7 Å². The standard InChI is InChI=1S/C57H39NOS2/c1-57(2)48-32-31-46-43-13-5-8-20-52(43)61-56(46)53(48)47-30-29-38(33-49(47)57)58(36-25-21-34(22-26-36)39-14-9-16-44-41-11-3-6-18-50(41)59-54(39)44)37-27-23-35(24-28-37)40-15-10-17-45-42-12-4-7-19-51(42)60-55(40)45/h3-32,38H,33H2,1-2H3. The fraction of sp³-hybridized carbons (Fsp3) is 0.0877. The summed E-state index contributed by atoms with van der Waals surface area (Å²) < 4.78 is 11.9. The van der Waals surface area contributed by atoms with E-state index in [1.165, 1.54) is 85.1 Å². The van der Waals surface area contributed by atoms with Gasteiger partial charge in [-0.2, -0.15) is 0 Å². The highest BCUT2D eigenvalue weighted by Gasteiger charge is 2.41. The molecule has 4 heteroatoms. The molecule has 0 saturated carbocycles. The predicted octanol–water partition coefficient (Wildman–Crippen LogP) is 16.9. The normalized spacial score (nSPS) is 15.8. The number of nitrogens with zero attached hydrogens (tertiary/aromatic N) is 1. The van der Waals surface area contributed by atoms with Crippen molar-refractivity contribution in [2.75, 3.05) is 4.90 Å². The van der Waals surface area contributed by atoms with Crippen molar-refractivity contribution in [3.05, 3.63) is 199 Å². The summed E-state index contributed by atoms with van der Waals surface area (Å²) in [4.78, 5) is 2.56. The Bertz CT molecular complexity index is 3490. The number of para-hydroxylation sites is 2. The minimum Gasteiger partial charge on any atom is -0.455 e. The first-order valence-electron chi connectivity index (χ1n) is 21.2. The van der Waals surface area contributed by atoms with E-state index in [0.717, 1.165) is 39.5 Å². The molecule has 0 fully saturated rings. The quantitative estimate of drug-likeness (QED) is 0.172. The Labute approximate surface area is 361 Å². The molecule has 13 rings (SSSR count). The SMILES string of the molecule is CC1(C)C2=C(C=CC(N(c3ccc(-c4cccc5c4oc4ccccc45)cc3)c3ccc(-c4cccc5c4sc4ccccc45)cc3)C2)c2c1ccc1c2sc2ccccc21. The minimum atomic E-state index is -0.0916. The molecule has 0 N–H and O–H groups in total. The van der Waals surface area contributed by atoms with Crippen LogP contribution in [-0.2, 0) is 5.41 Å². The van der Waals surface area contributed by atoms with Crippen LogP contribution in [0.2, 0.25) is 0 Å². The van der Waals surface area contributed by atoms with E-state index in [0.29, 0.717) is 0 Å². The van der Waals surface area contributed by atoms with E-state index >= 15 is 0 Å². The maximum Gasteiger partial charge on any atom is 0.143 e. The third-order valence-corrected chi connectivity index (χ3v) is 15.9. The summed E-state index contributed by atoms with van der Waals surface area (Å²) in [6.45, 7) is 4.87. The summed E-state index contributed by atoms with van der Waals surface area (Å²) in [5.74, 6) is 0. The zero-order valence-corrected chi connectivity index (χ0v) is 35.4. The van der Waals surface area contributed by atoms with Crippen LogP contribution in [-0.4, -0.2) is 6.04 Å². The largest absolute Gasteiger partial charge is 0.455 e. The smallest absolute Gasteiger partial charge is 0.143 e. The van der Waals surface area contributed by atoms with Gasteiger partial charge in [-0.25, -0.2) is 0 Å². The van der Waals surface area contributed by atoms with Crippen molar-refractivity contribution in [2.24, 2.45) is 0 Å². The first kappa shape index (κ1) is 35.1. The van der Waals surface area contributed by atoms with Crippen LogP contribution >= 0.6 is 22.7 Å². The second kappa shape index (κ2) is 13.1. The molecule has 0 amide bonds. The number of allylic oxidation sites excluding steroid dienone is 2. The molecule has 0 aliphatic heterocycles. The van der Waals surface area contributed by atoms with Crippen molar-refractivity contribution in [3.63, 3.8) is 0 Å². The number of hydrogen-bond donors (Lipinski definition) is 0. The highest BCUT2D eigenvalue weighted by Crippen LogP contribution is 2.55. The van der Waals surface area contributed by atoms with Gasteiger partial charge in [0.15, 0.2) is 0 Å². The third kappa shape index (κ3) is 5.19. The van der Waals surface area contributed by atoms with Crippen LogP contribution in [0.1, 0.15) is 31.4 Å². The Kier molecular flexibility index (Phi) is 7.55. The maximum atomic E-state index is 6.48. The van der Waals surface area contributed by atoms with Crippen molar-refractivity contribution >= 4 is 102 Å². The number of anilines is 2. The van der Waals surface area contributed by atoms with Gasteiger partial charge in [-0.3, -0.25) is 0 Å². The summed E-state index contributed by atoms with van der Waals surface area (Å²) in [5, 5.41) is 7.67. The molecule has 0 saturated heterocycles. The van der Waals surface area contributed by atoms with Gasteiger partial charge in [0.1, 0.15) is 11.2 Å². The average molecular weight is 818 g/mol. The fourth-order valence-electron chi connectivity index (χ4n) is 10.5. The van der Waals surface area contributed by atoms with Gasteiger partial charge < -0.3 is 9.32 Å². The number of rotatable bonds is 5. The fourth-order valence-corrected chi connectivity index (χ4v) is 13.0. The lowest BCUT2D eigenvalue weighted by atomic mass is 9.77. The van der Waals surface area contributed by atoms with Crippen molar-refractivity contribution < 1.29 is 4.42 Å². The van der Waals surface area contributed by atoms with Gasteiger partial charge >= 0.3 is 0 Å². The van der Waals surface area contributed by atoms with Crippen LogP contribution in [0.3, 0.4) is 0 Å². The third-order valence-electron chi connectivity index (χ3n) is 13.5. The van der Waals surface area contributed by atoms with Gasteiger partial charge in [0, 0.05) is 79.0 Å². The van der Waals surface area contributed by atoms with Crippen molar-refractivity contribution in [1.29, 1.82) is 0 Å². The molecule has 0 radical (unpaired) electrons. The summed E-state index contributed by atoms with van der Waals surface area (Å²) in [6.07, 6.45) is 5.84. The lowest BCUT2D eigenvalue weighted by Crippen LogP contribution is -2.33. The van der Waals surface area contributed by atoms with E-state index in [1.807, 2.05) is 28.7 Å². The molecule has 0 bridgehead atoms. The molecule has 61 heavy (non-hydrogen) atoms. The topological polar surface area (TPSA) is 16.4 Å². The molecule has 11 aromatic rings. The zero-order valence-electron chi connectivity index (χ0n) is 33.8. The van der Waals surface area contributed by atoms with E-state index in [4.69, 9.17) is 4.42 Å². The van der Waals surface area contributed by atoms with Crippen LogP contribution < -0.4 is 4.90 Å². The second-order valence-electron chi connectivity index (χ2n) is 17.1. The van der Waals surface area contributed by atoms with Gasteiger partial charge in [0.05, 0.1) is 6.04 Å². The van der Waals surface area contributed by atoms with E-state index < -0.39 is 0 Å². The Hall–Kier alpha value is -6.72. The lowest BCUT2D eigenvalue weighted by molar-refractivity contribution is 0.585. The Morgan fingerprint density at radius 3 is 1.82 bits per heavy atom. The molecule has 3 aromatic heterocycles. The Morgan fingerprint density at radius 2 is 1.10 bits per heavy atom. The highest BCUT2D eigenvalue weighted by atomic mass is 32.1. The van der Waals surface area contributed by atoms with Crippen LogP contribution in [0.4, 0.5) is 11.4 Å². The van der Waals surface area contributed by atoms with E-state index in [2.05, 4.69) is 195 Å². The summed E-state index contributed by atoms with van der Waals surface area (Å²) >= 11 is 3.83. The van der Waals surface area contributed by atoms with Crippen LogP contribution in [0.5, 0.6) is 0 Å². The molecular weight excluding hydrogens is 779 g/mol. The molecule has 3 heterocycles. The molecule has 2 aliphatic rings. The molecule has 2 nitrogen and oxygen atoms in total. The van der Waals surface area contributed by atoms with Gasteiger partial charge in [-0.1, -0.05) is 153 Å². The van der Waals surface area contributed by atoms with Gasteiger partial charge in [-0.05, 0) is 82.3 Å². The summed E-state index contributed by atoms with van der Waals surface area (Å²) in [6, 6.07) is 62.5. The maximum absolute atomic E-state index is 6.48. The van der Waals surface area contributed by atoms with Gasteiger partial charge in [-0.15, -0.1) is 22.7 Å². The molecule has 0 spiro atoms. The molecule has 1 unspecified atom stereocenters. The second-order valence-corrected chi connectivity index (χ2v) is 19.2. The number of thiophene rings is 2. The summed E-state index contributed by atoms with van der Waals surface area (Å²) in [7, 11) is 0. The number of hydrogen-bond acceptors (Lipinski definition) is 4. The monoisotopic (exact) mass is 817 g/mol. The van der Waals surface area contributed by atoms with Crippen molar-refractivity contribution in [3.8, 4) is 22.3 Å². The average Bonchev–Trinajstić information content (AvgIpc) is 4.05. The van der Waals surface area contributed by atoms with E-state index in [1.54, 1.807) is 0 Å². The van der Waals surface area contributed by atoms with E-state index in [9.17, 15) is 0 Å². The van der Waals surface area contributed by atoms with Gasteiger partial charge in [0.2, 0.25) is 0 Å². The number of fused-ring (bicyclic) bond motifs is 12. The summed E-state index contributed by atoms with van der Waals surface area (Å²) in [5.41, 5.74) is 14.7. The molecule has 8 aromatic carbocycles. The number of furan rings is 1. The Balaban J connectivity index is 0.921. The Morgan fingerprint density at radius 1 is 0.525 bits per heavy atom. The lowest BCUT2D eigenvalue weighted by Gasteiger charge is -2.37. The zero-order chi connectivity index (χ0) is 40.4. The first-order chi connectivity index (χ1) is 30.0. The number of benzene rings is 8. The molecule has 290 valence electrons. The van der Waals surface area contributed by atoms with Crippen molar-refractivity contribution in [1.82, 2.24) is 0 Å². The first-order valence-corrected chi connectivity index (χ1v) is 22.8. The minimum absolute atomic E-state index is 0.0916. The molecule has 2 aliphatic carbocycles. The van der Waals surface area contributed by atoms with E-state index in [-0.39, 0.29) is 11.5 Å². The van der Waals surface area contributed by atoms with Crippen LogP contribution in [0.15, 0.2) is 192 Å². The highest BCUT2D eigenvalue weighted by molar-refractivity contribution is 7.26. The van der Waals surface area contributed by atoms with Gasteiger partial charge in [0.25, 0.3) is 0 Å². The molecule has 1 atom stereocenters. The molecular formula is C57H39NOS2. The van der Waals surface area contributed by atoms with Crippen LogP contribution in [0.25, 0.3) is 90.1 Å².